The van der Waals surface area contributed by atoms with Crippen LogP contribution in [0.5, 0.6) is 5.75 Å². The molecule has 0 fully saturated rings. The van der Waals surface area contributed by atoms with Gasteiger partial charge in [0, 0.05) is 6.54 Å². The van der Waals surface area contributed by atoms with Crippen molar-refractivity contribution >= 4 is 5.91 Å². The zero-order valence-electron chi connectivity index (χ0n) is 16.3. The number of hydrogen-bond acceptors (Lipinski definition) is 3. The molecule has 26 heavy (non-hydrogen) atoms. The first-order valence-corrected chi connectivity index (χ1v) is 8.87. The average molecular weight is 355 g/mol. The monoisotopic (exact) mass is 355 g/mol. The van der Waals surface area contributed by atoms with Crippen LogP contribution in [0.15, 0.2) is 48.5 Å². The van der Waals surface area contributed by atoms with Gasteiger partial charge in [0.25, 0.3) is 5.91 Å². The first kappa shape index (κ1) is 20.0. The van der Waals surface area contributed by atoms with E-state index in [0.717, 1.165) is 11.1 Å². The molecule has 0 aromatic heterocycles. The van der Waals surface area contributed by atoms with E-state index in [9.17, 15) is 9.90 Å². The third-order valence-corrected chi connectivity index (χ3v) is 4.03. The van der Waals surface area contributed by atoms with Crippen molar-refractivity contribution in [3.8, 4) is 16.9 Å². The molecule has 0 radical (unpaired) electrons. The van der Waals surface area contributed by atoms with Gasteiger partial charge >= 0.3 is 0 Å². The fraction of sp³-hybridized carbons (Fsp3) is 0.409. The smallest absolute Gasteiger partial charge is 0.258 e. The van der Waals surface area contributed by atoms with Gasteiger partial charge in [-0.05, 0) is 48.1 Å². The summed E-state index contributed by atoms with van der Waals surface area (Å²) in [7, 11) is 0. The topological polar surface area (TPSA) is 58.6 Å². The van der Waals surface area contributed by atoms with Crippen molar-refractivity contribution in [3.05, 3.63) is 54.1 Å². The van der Waals surface area contributed by atoms with E-state index in [1.807, 2.05) is 24.3 Å². The lowest BCUT2D eigenvalue weighted by atomic mass is 9.86. The van der Waals surface area contributed by atoms with Gasteiger partial charge in [0.1, 0.15) is 5.75 Å². The Kier molecular flexibility index (Phi) is 6.09. The molecule has 2 N–H and O–H groups in total. The second-order valence-electron chi connectivity index (χ2n) is 8.23. The summed E-state index contributed by atoms with van der Waals surface area (Å²) in [5, 5.41) is 12.2. The van der Waals surface area contributed by atoms with Crippen LogP contribution in [0.2, 0.25) is 0 Å². The molecule has 0 saturated heterocycles. The number of aliphatic hydroxyl groups is 1. The lowest BCUT2D eigenvalue weighted by Gasteiger charge is -2.19. The number of benzene rings is 2. The van der Waals surface area contributed by atoms with Crippen LogP contribution < -0.4 is 10.1 Å². The van der Waals surface area contributed by atoms with Gasteiger partial charge in [-0.3, -0.25) is 4.79 Å². The summed E-state index contributed by atoms with van der Waals surface area (Å²) in [6.45, 7) is 10.00. The van der Waals surface area contributed by atoms with Gasteiger partial charge in [0.05, 0.1) is 5.60 Å². The van der Waals surface area contributed by atoms with E-state index in [-0.39, 0.29) is 24.5 Å². The van der Waals surface area contributed by atoms with Crippen molar-refractivity contribution in [3.63, 3.8) is 0 Å². The van der Waals surface area contributed by atoms with Gasteiger partial charge < -0.3 is 15.2 Å². The molecular weight excluding hydrogens is 326 g/mol. The SMILES string of the molecule is CC(C)(O)CNC(=O)COc1ccc(-c2ccc(C(C)(C)C)cc2)cc1. The van der Waals surface area contributed by atoms with Crippen LogP contribution in [0.3, 0.4) is 0 Å². The molecule has 4 heteroatoms. The highest BCUT2D eigenvalue weighted by Gasteiger charge is 2.14. The van der Waals surface area contributed by atoms with Gasteiger partial charge in [0.2, 0.25) is 0 Å². The summed E-state index contributed by atoms with van der Waals surface area (Å²) in [4.78, 5) is 11.7. The number of ether oxygens (including phenoxy) is 1. The van der Waals surface area contributed by atoms with E-state index in [4.69, 9.17) is 4.74 Å². The van der Waals surface area contributed by atoms with E-state index < -0.39 is 5.60 Å². The molecule has 0 aliphatic rings. The van der Waals surface area contributed by atoms with E-state index in [1.165, 1.54) is 5.56 Å². The minimum Gasteiger partial charge on any atom is -0.484 e. The van der Waals surface area contributed by atoms with Crippen LogP contribution in [-0.4, -0.2) is 29.8 Å². The summed E-state index contributed by atoms with van der Waals surface area (Å²) in [6, 6.07) is 16.2. The highest BCUT2D eigenvalue weighted by Crippen LogP contribution is 2.27. The highest BCUT2D eigenvalue weighted by atomic mass is 16.5. The molecule has 0 saturated carbocycles. The molecule has 2 aromatic rings. The zero-order chi connectivity index (χ0) is 19.4. The Morgan fingerprint density at radius 1 is 0.923 bits per heavy atom. The lowest BCUT2D eigenvalue weighted by Crippen LogP contribution is -2.40. The molecule has 2 rings (SSSR count). The van der Waals surface area contributed by atoms with Gasteiger partial charge in [-0.25, -0.2) is 0 Å². The van der Waals surface area contributed by atoms with E-state index >= 15 is 0 Å². The Labute approximate surface area is 156 Å². The fourth-order valence-corrected chi connectivity index (χ4v) is 2.42. The maximum absolute atomic E-state index is 11.7. The number of rotatable bonds is 6. The van der Waals surface area contributed by atoms with Gasteiger partial charge in [-0.15, -0.1) is 0 Å². The molecule has 140 valence electrons. The Morgan fingerprint density at radius 3 is 1.88 bits per heavy atom. The van der Waals surface area contributed by atoms with Crippen molar-refractivity contribution in [2.75, 3.05) is 13.2 Å². The predicted octanol–water partition coefficient (Wildman–Crippen LogP) is 3.92. The Hall–Kier alpha value is -2.33. The maximum Gasteiger partial charge on any atom is 0.258 e. The maximum atomic E-state index is 11.7. The van der Waals surface area contributed by atoms with E-state index in [2.05, 4.69) is 50.4 Å². The molecule has 2 aromatic carbocycles. The van der Waals surface area contributed by atoms with Crippen LogP contribution in [0.1, 0.15) is 40.2 Å². The Balaban J connectivity index is 1.93. The predicted molar refractivity (Wildman–Crippen MR) is 105 cm³/mol. The second kappa shape index (κ2) is 7.92. The first-order chi connectivity index (χ1) is 12.0. The average Bonchev–Trinajstić information content (AvgIpc) is 2.57. The molecular formula is C22H29NO3. The molecule has 0 atom stereocenters. The second-order valence-corrected chi connectivity index (χ2v) is 8.23. The van der Waals surface area contributed by atoms with Crippen molar-refractivity contribution in [1.82, 2.24) is 5.32 Å². The number of carbonyl (C=O) groups excluding carboxylic acids is 1. The molecule has 0 aliphatic heterocycles. The summed E-state index contributed by atoms with van der Waals surface area (Å²) < 4.78 is 5.49. The number of carbonyl (C=O) groups is 1. The quantitative estimate of drug-likeness (QED) is 0.826. The minimum atomic E-state index is -0.931. The summed E-state index contributed by atoms with van der Waals surface area (Å²) in [5.74, 6) is 0.382. The number of amides is 1. The molecule has 0 spiro atoms. The molecule has 0 heterocycles. The van der Waals surface area contributed by atoms with Gasteiger partial charge in [-0.1, -0.05) is 57.2 Å². The molecule has 0 bridgehead atoms. The summed E-state index contributed by atoms with van der Waals surface area (Å²) >= 11 is 0. The van der Waals surface area contributed by atoms with Crippen LogP contribution >= 0.6 is 0 Å². The summed E-state index contributed by atoms with van der Waals surface area (Å²) in [6.07, 6.45) is 0. The molecule has 4 nitrogen and oxygen atoms in total. The molecule has 0 unspecified atom stereocenters. The fourth-order valence-electron chi connectivity index (χ4n) is 2.42. The van der Waals surface area contributed by atoms with Crippen molar-refractivity contribution in [1.29, 1.82) is 0 Å². The first-order valence-electron chi connectivity index (χ1n) is 8.87. The third-order valence-electron chi connectivity index (χ3n) is 4.03. The van der Waals surface area contributed by atoms with Gasteiger partial charge in [-0.2, -0.15) is 0 Å². The highest BCUT2D eigenvalue weighted by molar-refractivity contribution is 5.77. The summed E-state index contributed by atoms with van der Waals surface area (Å²) in [5.41, 5.74) is 2.76. The molecule has 0 aliphatic carbocycles. The van der Waals surface area contributed by atoms with Crippen LogP contribution in [0.4, 0.5) is 0 Å². The van der Waals surface area contributed by atoms with Crippen molar-refractivity contribution in [2.24, 2.45) is 0 Å². The normalized spacial score (nSPS) is 11.9. The number of hydrogen-bond donors (Lipinski definition) is 2. The van der Waals surface area contributed by atoms with E-state index in [0.29, 0.717) is 5.75 Å². The van der Waals surface area contributed by atoms with E-state index in [1.54, 1.807) is 13.8 Å². The molecule has 1 amide bonds. The standard InChI is InChI=1S/C22H29NO3/c1-21(2,3)18-10-6-16(7-11-18)17-8-12-19(13-9-17)26-14-20(24)23-15-22(4,5)25/h6-13,25H,14-15H2,1-5H3,(H,23,24). The minimum absolute atomic E-state index is 0.0737. The van der Waals surface area contributed by atoms with Crippen LogP contribution in [-0.2, 0) is 10.2 Å². The van der Waals surface area contributed by atoms with Crippen LogP contribution in [0.25, 0.3) is 11.1 Å². The Morgan fingerprint density at radius 2 is 1.42 bits per heavy atom. The van der Waals surface area contributed by atoms with Crippen LogP contribution in [0, 0.1) is 0 Å². The largest absolute Gasteiger partial charge is 0.484 e. The van der Waals surface area contributed by atoms with Gasteiger partial charge in [0.15, 0.2) is 6.61 Å². The lowest BCUT2D eigenvalue weighted by molar-refractivity contribution is -0.124. The van der Waals surface area contributed by atoms with Crippen molar-refractivity contribution in [2.45, 2.75) is 45.6 Å². The van der Waals surface area contributed by atoms with Crippen molar-refractivity contribution < 1.29 is 14.6 Å². The zero-order valence-corrected chi connectivity index (χ0v) is 16.3. The third kappa shape index (κ3) is 6.19. The number of nitrogens with one attached hydrogen (secondary N) is 1. The Bertz CT molecular complexity index is 720.